The monoisotopic (exact) mass is 254 g/mol. The van der Waals surface area contributed by atoms with Crippen LogP contribution in [-0.4, -0.2) is 24.0 Å². The molecule has 1 fully saturated rings. The molecule has 0 aliphatic heterocycles. The molecule has 0 aromatic rings. The molecule has 0 radical (unpaired) electrons. The van der Waals surface area contributed by atoms with Crippen molar-refractivity contribution in [3.05, 3.63) is 0 Å². The van der Waals surface area contributed by atoms with E-state index in [1.54, 1.807) is 0 Å². The largest absolute Gasteiger partial charge is 0.353 e. The molecule has 1 unspecified atom stereocenters. The van der Waals surface area contributed by atoms with E-state index in [0.717, 1.165) is 6.54 Å². The standard InChI is InChI=1S/C15H30N2O/c1-12(13-8-6-5-7-9-13)17-14(18)10-11-16-15(2,3)4/h12-13,16H,5-11H2,1-4H3,(H,17,18). The van der Waals surface area contributed by atoms with Gasteiger partial charge in [-0.2, -0.15) is 0 Å². The van der Waals surface area contributed by atoms with E-state index in [4.69, 9.17) is 0 Å². The minimum atomic E-state index is 0.0925. The molecule has 0 spiro atoms. The highest BCUT2D eigenvalue weighted by atomic mass is 16.1. The Bertz CT molecular complexity index is 252. The molecule has 1 saturated carbocycles. The highest BCUT2D eigenvalue weighted by Gasteiger charge is 2.21. The van der Waals surface area contributed by atoms with Crippen LogP contribution in [0.2, 0.25) is 0 Å². The van der Waals surface area contributed by atoms with Gasteiger partial charge in [0, 0.05) is 24.5 Å². The normalized spacial score (nSPS) is 19.6. The molecule has 0 heterocycles. The summed E-state index contributed by atoms with van der Waals surface area (Å²) in [6, 6.07) is 0.340. The molecule has 0 aromatic heterocycles. The van der Waals surface area contributed by atoms with Crippen LogP contribution in [0.1, 0.15) is 66.2 Å². The first-order chi connectivity index (χ1) is 8.38. The predicted molar refractivity (Wildman–Crippen MR) is 76.6 cm³/mol. The number of amides is 1. The van der Waals surface area contributed by atoms with Crippen molar-refractivity contribution < 1.29 is 4.79 Å². The molecule has 106 valence electrons. The molecule has 1 aliphatic rings. The van der Waals surface area contributed by atoms with Crippen molar-refractivity contribution in [1.82, 2.24) is 10.6 Å². The van der Waals surface area contributed by atoms with Gasteiger partial charge in [0.25, 0.3) is 0 Å². The first kappa shape index (κ1) is 15.5. The van der Waals surface area contributed by atoms with Gasteiger partial charge in [0.2, 0.25) is 5.91 Å². The number of nitrogens with one attached hydrogen (secondary N) is 2. The van der Waals surface area contributed by atoms with Crippen LogP contribution in [0.3, 0.4) is 0 Å². The minimum absolute atomic E-state index is 0.0925. The summed E-state index contributed by atoms with van der Waals surface area (Å²) in [5, 5.41) is 6.50. The first-order valence-corrected chi connectivity index (χ1v) is 7.43. The summed E-state index contributed by atoms with van der Waals surface area (Å²) < 4.78 is 0. The SMILES string of the molecule is CC(NC(=O)CCNC(C)(C)C)C1CCCCC1. The van der Waals surface area contributed by atoms with Gasteiger partial charge in [-0.15, -0.1) is 0 Å². The van der Waals surface area contributed by atoms with Crippen LogP contribution in [-0.2, 0) is 4.79 Å². The van der Waals surface area contributed by atoms with Gasteiger partial charge in [0.15, 0.2) is 0 Å². The third-order valence-electron chi connectivity index (χ3n) is 3.75. The fourth-order valence-corrected chi connectivity index (χ4v) is 2.63. The number of carbonyl (C=O) groups excluding carboxylic acids is 1. The highest BCUT2D eigenvalue weighted by molar-refractivity contribution is 5.76. The van der Waals surface area contributed by atoms with Gasteiger partial charge in [0.1, 0.15) is 0 Å². The Balaban J connectivity index is 2.18. The Morgan fingerprint density at radius 1 is 1.22 bits per heavy atom. The van der Waals surface area contributed by atoms with Gasteiger partial charge in [0.05, 0.1) is 0 Å². The van der Waals surface area contributed by atoms with Crippen molar-refractivity contribution >= 4 is 5.91 Å². The lowest BCUT2D eigenvalue weighted by molar-refractivity contribution is -0.122. The van der Waals surface area contributed by atoms with Gasteiger partial charge >= 0.3 is 0 Å². The molecule has 1 amide bonds. The maximum Gasteiger partial charge on any atom is 0.221 e. The van der Waals surface area contributed by atoms with Crippen molar-refractivity contribution in [3.63, 3.8) is 0 Å². The Morgan fingerprint density at radius 3 is 2.39 bits per heavy atom. The van der Waals surface area contributed by atoms with Crippen molar-refractivity contribution in [1.29, 1.82) is 0 Å². The Hall–Kier alpha value is -0.570. The van der Waals surface area contributed by atoms with Crippen LogP contribution in [0.25, 0.3) is 0 Å². The number of hydrogen-bond donors (Lipinski definition) is 2. The van der Waals surface area contributed by atoms with Crippen molar-refractivity contribution in [3.8, 4) is 0 Å². The van der Waals surface area contributed by atoms with Gasteiger partial charge < -0.3 is 10.6 Å². The number of carbonyl (C=O) groups is 1. The molecule has 3 nitrogen and oxygen atoms in total. The van der Waals surface area contributed by atoms with Crippen molar-refractivity contribution in [2.24, 2.45) is 5.92 Å². The number of hydrogen-bond acceptors (Lipinski definition) is 2. The van der Waals surface area contributed by atoms with E-state index in [1.165, 1.54) is 32.1 Å². The average Bonchev–Trinajstić information content (AvgIpc) is 2.28. The maximum atomic E-state index is 11.8. The van der Waals surface area contributed by atoms with Gasteiger partial charge in [-0.1, -0.05) is 19.3 Å². The Labute approximate surface area is 112 Å². The molecular weight excluding hydrogens is 224 g/mol. The molecule has 2 N–H and O–H groups in total. The second-order valence-corrected chi connectivity index (χ2v) is 6.68. The zero-order chi connectivity index (χ0) is 13.6. The summed E-state index contributed by atoms with van der Waals surface area (Å²) in [6.45, 7) is 9.28. The summed E-state index contributed by atoms with van der Waals surface area (Å²) in [5.41, 5.74) is 0.0925. The zero-order valence-electron chi connectivity index (χ0n) is 12.5. The van der Waals surface area contributed by atoms with Crippen LogP contribution in [0, 0.1) is 5.92 Å². The summed E-state index contributed by atoms with van der Waals surface area (Å²) in [6.07, 6.45) is 7.16. The van der Waals surface area contributed by atoms with E-state index in [0.29, 0.717) is 18.4 Å². The molecule has 1 atom stereocenters. The molecule has 1 rings (SSSR count). The highest BCUT2D eigenvalue weighted by Crippen LogP contribution is 2.26. The van der Waals surface area contributed by atoms with Crippen molar-refractivity contribution in [2.45, 2.75) is 77.8 Å². The molecular formula is C15H30N2O. The molecule has 0 saturated heterocycles. The molecule has 18 heavy (non-hydrogen) atoms. The van der Waals surface area contributed by atoms with Crippen LogP contribution in [0.15, 0.2) is 0 Å². The van der Waals surface area contributed by atoms with E-state index < -0.39 is 0 Å². The topological polar surface area (TPSA) is 41.1 Å². The maximum absolute atomic E-state index is 11.8. The van der Waals surface area contributed by atoms with Crippen LogP contribution in [0.4, 0.5) is 0 Å². The first-order valence-electron chi connectivity index (χ1n) is 7.43. The Kier molecular flexibility index (Phi) is 6.13. The minimum Gasteiger partial charge on any atom is -0.353 e. The predicted octanol–water partition coefficient (Wildman–Crippen LogP) is 2.85. The van der Waals surface area contributed by atoms with Gasteiger partial charge in [-0.05, 0) is 46.5 Å². The van der Waals surface area contributed by atoms with Gasteiger partial charge in [-0.25, -0.2) is 0 Å². The van der Waals surface area contributed by atoms with E-state index >= 15 is 0 Å². The molecule has 0 bridgehead atoms. The smallest absolute Gasteiger partial charge is 0.221 e. The summed E-state index contributed by atoms with van der Waals surface area (Å²) in [5.74, 6) is 0.878. The third kappa shape index (κ3) is 6.39. The average molecular weight is 254 g/mol. The Morgan fingerprint density at radius 2 is 1.83 bits per heavy atom. The summed E-state index contributed by atoms with van der Waals surface area (Å²) >= 11 is 0. The lowest BCUT2D eigenvalue weighted by Gasteiger charge is -2.28. The van der Waals surface area contributed by atoms with E-state index in [1.807, 2.05) is 0 Å². The lowest BCUT2D eigenvalue weighted by atomic mass is 9.84. The molecule has 3 heteroatoms. The number of rotatable bonds is 5. The van der Waals surface area contributed by atoms with Gasteiger partial charge in [-0.3, -0.25) is 4.79 Å². The third-order valence-corrected chi connectivity index (χ3v) is 3.75. The second-order valence-electron chi connectivity index (χ2n) is 6.68. The fraction of sp³-hybridized carbons (Fsp3) is 0.933. The quantitative estimate of drug-likeness (QED) is 0.792. The van der Waals surface area contributed by atoms with Crippen LogP contribution >= 0.6 is 0 Å². The van der Waals surface area contributed by atoms with Crippen LogP contribution in [0.5, 0.6) is 0 Å². The summed E-state index contributed by atoms with van der Waals surface area (Å²) in [7, 11) is 0. The second kappa shape index (κ2) is 7.13. The van der Waals surface area contributed by atoms with E-state index in [2.05, 4.69) is 38.3 Å². The van der Waals surface area contributed by atoms with Crippen molar-refractivity contribution in [2.75, 3.05) is 6.54 Å². The lowest BCUT2D eigenvalue weighted by Crippen LogP contribution is -2.42. The fourth-order valence-electron chi connectivity index (χ4n) is 2.63. The summed E-state index contributed by atoms with van der Waals surface area (Å²) in [4.78, 5) is 11.8. The van der Waals surface area contributed by atoms with E-state index in [-0.39, 0.29) is 11.4 Å². The molecule has 0 aromatic carbocycles. The van der Waals surface area contributed by atoms with Crippen LogP contribution < -0.4 is 10.6 Å². The zero-order valence-corrected chi connectivity index (χ0v) is 12.5. The van der Waals surface area contributed by atoms with E-state index in [9.17, 15) is 4.79 Å². The molecule has 1 aliphatic carbocycles.